The quantitative estimate of drug-likeness (QED) is 0.0342. The van der Waals surface area contributed by atoms with Crippen LogP contribution < -0.4 is 48.7 Å². The van der Waals surface area contributed by atoms with E-state index < -0.39 is 151 Å². The molecule has 1 aliphatic heterocycles. The van der Waals surface area contributed by atoms with Crippen molar-refractivity contribution < 1.29 is 68.1 Å². The summed E-state index contributed by atoms with van der Waals surface area (Å²) in [5.74, 6) is -11.6. The molecule has 0 bridgehead atoms. The van der Waals surface area contributed by atoms with Crippen LogP contribution in [0.5, 0.6) is 0 Å². The van der Waals surface area contributed by atoms with E-state index in [1.54, 1.807) is 20.1 Å². The summed E-state index contributed by atoms with van der Waals surface area (Å²) in [6.07, 6.45) is -0.348. The third kappa shape index (κ3) is 20.1. The van der Waals surface area contributed by atoms with Crippen molar-refractivity contribution in [1.29, 1.82) is 0 Å². The third-order valence-corrected chi connectivity index (χ3v) is 11.7. The number of carbonyl (C=O) groups is 11. The molecule has 0 saturated carbocycles. The van der Waals surface area contributed by atoms with E-state index in [9.17, 15) is 68.1 Å². The molecule has 0 spiro atoms. The number of aliphatic carboxylic acids is 2. The average Bonchev–Trinajstić information content (AvgIpc) is 3.75. The Morgan fingerprint density at radius 2 is 1.24 bits per heavy atom. The maximum atomic E-state index is 14.1. The second-order valence-electron chi connectivity index (χ2n) is 17.4. The summed E-state index contributed by atoms with van der Waals surface area (Å²) in [6, 6.07) is -11.2. The number of rotatable bonds is 30. The minimum atomic E-state index is -1.79. The number of aliphatic hydroxyl groups excluding tert-OH is 1. The maximum absolute atomic E-state index is 14.1. The van der Waals surface area contributed by atoms with Gasteiger partial charge >= 0.3 is 11.9 Å². The Hall–Kier alpha value is -5.56. The Balaban J connectivity index is 3.42. The van der Waals surface area contributed by atoms with Crippen LogP contribution in [-0.4, -0.2) is 165 Å². The normalized spacial score (nSPS) is 17.6. The first-order valence-corrected chi connectivity index (χ1v) is 23.7. The summed E-state index contributed by atoms with van der Waals surface area (Å²) in [6.45, 7) is 10.9. The highest BCUT2D eigenvalue weighted by Gasteiger charge is 2.42. The van der Waals surface area contributed by atoms with Gasteiger partial charge in [-0.1, -0.05) is 48.0 Å². The Morgan fingerprint density at radius 1 is 0.701 bits per heavy atom. The number of nitrogens with two attached hydrogens (primary N) is 2. The number of amides is 9. The van der Waals surface area contributed by atoms with E-state index in [1.165, 1.54) is 37.4 Å². The molecule has 380 valence electrons. The number of hydrogen-bond acceptors (Lipinski definition) is 14. The van der Waals surface area contributed by atoms with E-state index in [1.807, 2.05) is 13.8 Å². The highest BCUT2D eigenvalue weighted by molar-refractivity contribution is 7.98. The second-order valence-corrected chi connectivity index (χ2v) is 18.4. The Morgan fingerprint density at radius 3 is 1.75 bits per heavy atom. The zero-order chi connectivity index (χ0) is 51.3. The number of carboxylic acids is 2. The molecule has 14 N–H and O–H groups in total. The fourth-order valence-corrected chi connectivity index (χ4v) is 7.52. The molecule has 0 unspecified atom stereocenters. The number of nitrogens with one attached hydrogen (secondary N) is 7. The lowest BCUT2D eigenvalue weighted by Gasteiger charge is -2.33. The van der Waals surface area contributed by atoms with Gasteiger partial charge < -0.3 is 68.9 Å². The van der Waals surface area contributed by atoms with Gasteiger partial charge in [0.05, 0.1) is 19.1 Å². The van der Waals surface area contributed by atoms with Crippen molar-refractivity contribution in [2.45, 2.75) is 154 Å². The van der Waals surface area contributed by atoms with Crippen molar-refractivity contribution in [2.24, 2.45) is 29.2 Å². The van der Waals surface area contributed by atoms with Gasteiger partial charge in [0.2, 0.25) is 53.2 Å². The third-order valence-electron chi connectivity index (χ3n) is 11.0. The van der Waals surface area contributed by atoms with Crippen molar-refractivity contribution in [3.8, 4) is 0 Å². The van der Waals surface area contributed by atoms with E-state index in [0.717, 1.165) is 0 Å². The van der Waals surface area contributed by atoms with E-state index in [2.05, 4.69) is 37.2 Å². The van der Waals surface area contributed by atoms with E-state index >= 15 is 0 Å². The van der Waals surface area contributed by atoms with Crippen LogP contribution in [0.4, 0.5) is 0 Å². The Kier molecular flexibility index (Phi) is 26.0. The Labute approximate surface area is 394 Å². The minimum Gasteiger partial charge on any atom is -0.481 e. The van der Waals surface area contributed by atoms with Crippen LogP contribution >= 0.6 is 11.8 Å². The van der Waals surface area contributed by atoms with E-state index in [0.29, 0.717) is 18.6 Å². The first-order valence-electron chi connectivity index (χ1n) is 22.3. The van der Waals surface area contributed by atoms with Crippen LogP contribution in [0.1, 0.15) is 99.8 Å². The molecular formula is C42H72N10O14S. The van der Waals surface area contributed by atoms with Gasteiger partial charge in [-0.2, -0.15) is 11.8 Å². The molecule has 0 radical (unpaired) electrons. The lowest BCUT2D eigenvalue weighted by atomic mass is 9.96. The molecule has 9 amide bonds. The van der Waals surface area contributed by atoms with Gasteiger partial charge in [0.25, 0.3) is 0 Å². The zero-order valence-electron chi connectivity index (χ0n) is 39.5. The molecule has 1 fully saturated rings. The number of primary amides is 1. The molecular weight excluding hydrogens is 901 g/mol. The lowest BCUT2D eigenvalue weighted by molar-refractivity contribution is -0.147. The van der Waals surface area contributed by atoms with Gasteiger partial charge in [-0.25, -0.2) is 4.79 Å². The maximum Gasteiger partial charge on any atom is 0.328 e. The van der Waals surface area contributed by atoms with Crippen LogP contribution in [0.25, 0.3) is 0 Å². The molecule has 0 aromatic carbocycles. The highest BCUT2D eigenvalue weighted by atomic mass is 32.2. The standard InChI is InChI=1S/C42H72N10O14S/c1-9-22(6)33(41(64)52-15-10-11-28(52)39(62)51-34(23(7)53)42(65)66)50-36(59)24(12-13-29(44)54)47-40(63)32(21(4)5)49-38(61)27(18-31(56)57)48-35(58)25(14-16-67-8)46-37(60)26(17-20(2)3)45-30(55)19-43/h20-28,32-34,53H,9-19,43H2,1-8H3,(H2,44,54)(H,45,55)(H,46,60)(H,47,63)(H,48,58)(H,49,61)(H,50,59)(H,51,62)(H,56,57)(H,65,66)/t22-,23+,24-,25-,26-,27-,28-,32-,33-,34-/m0/s1. The molecule has 0 aromatic rings. The first kappa shape index (κ1) is 59.5. The van der Waals surface area contributed by atoms with Crippen molar-refractivity contribution >= 4 is 76.9 Å². The first-order chi connectivity index (χ1) is 31.3. The molecule has 1 aliphatic rings. The highest BCUT2D eigenvalue weighted by Crippen LogP contribution is 2.22. The zero-order valence-corrected chi connectivity index (χ0v) is 40.4. The molecule has 1 saturated heterocycles. The van der Waals surface area contributed by atoms with Gasteiger partial charge in [-0.3, -0.25) is 47.9 Å². The average molecular weight is 973 g/mol. The molecule has 24 nitrogen and oxygen atoms in total. The Bertz CT molecular complexity index is 1770. The van der Waals surface area contributed by atoms with E-state index in [4.69, 9.17) is 11.5 Å². The predicted molar refractivity (Wildman–Crippen MR) is 244 cm³/mol. The van der Waals surface area contributed by atoms with Crippen LogP contribution in [0.2, 0.25) is 0 Å². The fourth-order valence-electron chi connectivity index (χ4n) is 7.05. The summed E-state index contributed by atoms with van der Waals surface area (Å²) >= 11 is 1.34. The van der Waals surface area contributed by atoms with Gasteiger partial charge in [-0.15, -0.1) is 0 Å². The molecule has 1 rings (SSSR count). The van der Waals surface area contributed by atoms with Crippen molar-refractivity contribution in [1.82, 2.24) is 42.1 Å². The van der Waals surface area contributed by atoms with Gasteiger partial charge in [0, 0.05) is 13.0 Å². The van der Waals surface area contributed by atoms with Crippen LogP contribution in [0, 0.1) is 17.8 Å². The van der Waals surface area contributed by atoms with E-state index in [-0.39, 0.29) is 38.1 Å². The fraction of sp³-hybridized carbons (Fsp3) is 0.738. The topological polar surface area (TPSA) is 388 Å². The number of hydrogen-bond donors (Lipinski definition) is 12. The van der Waals surface area contributed by atoms with Crippen molar-refractivity contribution in [2.75, 3.05) is 25.1 Å². The number of likely N-dealkylation sites (tertiary alicyclic amines) is 1. The predicted octanol–water partition coefficient (Wildman–Crippen LogP) is -2.96. The van der Waals surface area contributed by atoms with Crippen molar-refractivity contribution in [3.63, 3.8) is 0 Å². The largest absolute Gasteiger partial charge is 0.481 e. The van der Waals surface area contributed by atoms with Gasteiger partial charge in [0.1, 0.15) is 42.3 Å². The molecule has 0 aromatic heterocycles. The van der Waals surface area contributed by atoms with Crippen molar-refractivity contribution in [3.05, 3.63) is 0 Å². The number of thioether (sulfide) groups is 1. The lowest BCUT2D eigenvalue weighted by Crippen LogP contribution is -2.62. The van der Waals surface area contributed by atoms with Crippen LogP contribution in [-0.2, 0) is 52.7 Å². The SMILES string of the molecule is CC[C@H](C)[C@H](NC(=O)[C@H](CCC(N)=O)NC(=O)[C@@H](NC(=O)[C@H](CC(=O)O)NC(=O)[C@H](CCSC)NC(=O)[C@H](CC(C)C)NC(=O)CN)C(C)C)C(=O)N1CCC[C@H]1C(=O)N[C@H](C(=O)O)[C@@H](C)O. The number of aliphatic hydroxyl groups is 1. The summed E-state index contributed by atoms with van der Waals surface area (Å²) in [4.78, 5) is 145. The minimum absolute atomic E-state index is 0.0414. The summed E-state index contributed by atoms with van der Waals surface area (Å²) < 4.78 is 0. The molecule has 25 heteroatoms. The summed E-state index contributed by atoms with van der Waals surface area (Å²) in [5.41, 5.74) is 10.8. The smallest absolute Gasteiger partial charge is 0.328 e. The number of carbonyl (C=O) groups excluding carboxylic acids is 9. The van der Waals surface area contributed by atoms with Gasteiger partial charge in [0.15, 0.2) is 6.04 Å². The number of nitrogens with zero attached hydrogens (tertiary/aromatic N) is 1. The van der Waals surface area contributed by atoms with Crippen LogP contribution in [0.3, 0.4) is 0 Å². The summed E-state index contributed by atoms with van der Waals surface area (Å²) in [5, 5.41) is 46.4. The monoisotopic (exact) mass is 972 g/mol. The molecule has 67 heavy (non-hydrogen) atoms. The van der Waals surface area contributed by atoms with Crippen LogP contribution in [0.15, 0.2) is 0 Å². The number of carboxylic acid groups (broad SMARTS) is 2. The molecule has 10 atom stereocenters. The van der Waals surface area contributed by atoms with Gasteiger partial charge in [-0.05, 0) is 68.8 Å². The molecule has 1 heterocycles. The second kappa shape index (κ2) is 29.3. The summed E-state index contributed by atoms with van der Waals surface area (Å²) in [7, 11) is 0. The molecule has 0 aliphatic carbocycles.